The van der Waals surface area contributed by atoms with Gasteiger partial charge in [0.2, 0.25) is 5.91 Å². The first-order chi connectivity index (χ1) is 9.53. The van der Waals surface area contributed by atoms with Gasteiger partial charge in [-0.2, -0.15) is 0 Å². The van der Waals surface area contributed by atoms with E-state index in [0.717, 1.165) is 12.1 Å². The van der Waals surface area contributed by atoms with E-state index in [1.54, 1.807) is 11.0 Å². The number of nitrogens with one attached hydrogen (secondary N) is 1. The molecule has 20 heavy (non-hydrogen) atoms. The Morgan fingerprint density at radius 2 is 2.00 bits per heavy atom. The van der Waals surface area contributed by atoms with E-state index in [9.17, 15) is 9.18 Å². The number of carbonyl (C=O) groups is 1. The molecule has 1 amide bonds. The number of halogens is 1. The van der Waals surface area contributed by atoms with Crippen molar-refractivity contribution in [1.82, 2.24) is 15.2 Å². The minimum Gasteiger partial charge on any atom is -0.342 e. The lowest BCUT2D eigenvalue weighted by Crippen LogP contribution is -2.46. The zero-order valence-electron chi connectivity index (χ0n) is 12.7. The molecule has 4 nitrogen and oxygen atoms in total. The fourth-order valence-corrected chi connectivity index (χ4v) is 2.19. The van der Waals surface area contributed by atoms with Gasteiger partial charge in [-0.1, -0.05) is 6.92 Å². The molecule has 0 saturated carbocycles. The first-order valence-corrected chi connectivity index (χ1v) is 7.19. The molecule has 1 heterocycles. The van der Waals surface area contributed by atoms with Crippen molar-refractivity contribution in [1.29, 1.82) is 0 Å². The number of amides is 1. The molecule has 112 valence electrons. The lowest BCUT2D eigenvalue weighted by molar-refractivity contribution is -0.132. The second-order valence-corrected chi connectivity index (χ2v) is 4.76. The summed E-state index contributed by atoms with van der Waals surface area (Å²) in [5.41, 5.74) is 0.757. The van der Waals surface area contributed by atoms with Crippen molar-refractivity contribution in [3.05, 3.63) is 29.8 Å². The van der Waals surface area contributed by atoms with Gasteiger partial charge in [0.25, 0.3) is 0 Å². The van der Waals surface area contributed by atoms with Crippen molar-refractivity contribution in [2.24, 2.45) is 0 Å². The fraction of sp³-hybridized carbons (Fsp3) is 0.600. The number of likely N-dealkylation sites (N-methyl/N-ethyl adjacent to an activating group) is 1. The Morgan fingerprint density at radius 1 is 1.35 bits per heavy atom. The molecule has 1 rings (SSSR count). The topological polar surface area (TPSA) is 45.2 Å². The molecule has 0 aromatic carbocycles. The normalized spacial score (nSPS) is 13.8. The largest absolute Gasteiger partial charge is 0.342 e. The number of aromatic nitrogens is 1. The number of pyridine rings is 1. The van der Waals surface area contributed by atoms with E-state index in [1.807, 2.05) is 27.7 Å². The van der Waals surface area contributed by atoms with Crippen LogP contribution in [0.3, 0.4) is 0 Å². The molecular weight excluding hydrogens is 257 g/mol. The number of hydrogen-bond acceptors (Lipinski definition) is 3. The molecule has 5 heteroatoms. The van der Waals surface area contributed by atoms with Crippen LogP contribution in [0.1, 0.15) is 45.9 Å². The van der Waals surface area contributed by atoms with Crippen LogP contribution >= 0.6 is 0 Å². The fourth-order valence-electron chi connectivity index (χ4n) is 2.19. The van der Waals surface area contributed by atoms with Gasteiger partial charge < -0.3 is 4.90 Å². The minimum absolute atomic E-state index is 0.0508. The van der Waals surface area contributed by atoms with Crippen LogP contribution in [0.4, 0.5) is 4.39 Å². The van der Waals surface area contributed by atoms with Gasteiger partial charge in [0.1, 0.15) is 5.82 Å². The van der Waals surface area contributed by atoms with E-state index >= 15 is 0 Å². The van der Waals surface area contributed by atoms with Crippen molar-refractivity contribution >= 4 is 5.91 Å². The highest BCUT2D eigenvalue weighted by Gasteiger charge is 2.21. The Morgan fingerprint density at radius 3 is 2.45 bits per heavy atom. The number of carbonyl (C=O) groups excluding carboxylic acids is 1. The summed E-state index contributed by atoms with van der Waals surface area (Å²) in [7, 11) is 0. The number of hydrogen-bond donors (Lipinski definition) is 1. The summed E-state index contributed by atoms with van der Waals surface area (Å²) < 4.78 is 12.9. The average molecular weight is 281 g/mol. The van der Waals surface area contributed by atoms with Crippen molar-refractivity contribution < 1.29 is 9.18 Å². The minimum atomic E-state index is -0.351. The molecule has 0 radical (unpaired) electrons. The van der Waals surface area contributed by atoms with Crippen LogP contribution in [0.5, 0.6) is 0 Å². The average Bonchev–Trinajstić information content (AvgIpc) is 2.46. The molecule has 0 saturated heterocycles. The van der Waals surface area contributed by atoms with Gasteiger partial charge in [0.05, 0.1) is 17.9 Å². The summed E-state index contributed by atoms with van der Waals surface area (Å²) in [5.74, 6) is -0.272. The Hall–Kier alpha value is -1.49. The summed E-state index contributed by atoms with van der Waals surface area (Å²) in [5, 5.41) is 3.28. The first-order valence-electron chi connectivity index (χ1n) is 7.19. The maximum atomic E-state index is 12.9. The second-order valence-electron chi connectivity index (χ2n) is 4.76. The lowest BCUT2D eigenvalue weighted by atomic mass is 10.1. The maximum Gasteiger partial charge on any atom is 0.239 e. The molecule has 1 aromatic heterocycles. The Labute approximate surface area is 120 Å². The SMILES string of the molecule is CCC(NC(C)C(=O)N(CC)CC)c1ccc(F)cn1. The van der Waals surface area contributed by atoms with Crippen LogP contribution in [0.2, 0.25) is 0 Å². The molecule has 1 aromatic rings. The zero-order valence-corrected chi connectivity index (χ0v) is 12.7. The van der Waals surface area contributed by atoms with Crippen LogP contribution in [-0.2, 0) is 4.79 Å². The maximum absolute atomic E-state index is 12.9. The number of nitrogens with zero attached hydrogens (tertiary/aromatic N) is 2. The highest BCUT2D eigenvalue weighted by Crippen LogP contribution is 2.15. The molecule has 0 aliphatic carbocycles. The van der Waals surface area contributed by atoms with Gasteiger partial charge in [-0.15, -0.1) is 0 Å². The summed E-state index contributed by atoms with van der Waals surface area (Å²) in [6.45, 7) is 9.20. The highest BCUT2D eigenvalue weighted by molar-refractivity contribution is 5.81. The van der Waals surface area contributed by atoms with E-state index in [1.165, 1.54) is 12.3 Å². The molecular formula is C15H24FN3O. The third kappa shape index (κ3) is 4.27. The van der Waals surface area contributed by atoms with Crippen LogP contribution in [0, 0.1) is 5.82 Å². The van der Waals surface area contributed by atoms with Gasteiger partial charge in [-0.05, 0) is 39.3 Å². The standard InChI is InChI=1S/C15H24FN3O/c1-5-13(14-9-8-12(16)10-17-14)18-11(4)15(20)19(6-2)7-3/h8-11,13,18H,5-7H2,1-4H3. The summed E-state index contributed by atoms with van der Waals surface area (Å²) in [6.07, 6.45) is 1.99. The summed E-state index contributed by atoms with van der Waals surface area (Å²) >= 11 is 0. The molecule has 0 bridgehead atoms. The van der Waals surface area contributed by atoms with E-state index in [4.69, 9.17) is 0 Å². The van der Waals surface area contributed by atoms with Crippen molar-refractivity contribution in [2.45, 2.75) is 46.2 Å². The van der Waals surface area contributed by atoms with Crippen LogP contribution < -0.4 is 5.32 Å². The monoisotopic (exact) mass is 281 g/mol. The third-order valence-corrected chi connectivity index (χ3v) is 3.41. The van der Waals surface area contributed by atoms with Crippen LogP contribution in [0.15, 0.2) is 18.3 Å². The predicted octanol–water partition coefficient (Wildman–Crippen LogP) is 2.52. The van der Waals surface area contributed by atoms with E-state index in [-0.39, 0.29) is 23.8 Å². The molecule has 2 atom stereocenters. The Kier molecular flexibility index (Phi) is 6.58. The van der Waals surface area contributed by atoms with Crippen molar-refractivity contribution in [3.8, 4) is 0 Å². The zero-order chi connectivity index (χ0) is 15.1. The molecule has 1 N–H and O–H groups in total. The van der Waals surface area contributed by atoms with E-state index in [2.05, 4.69) is 10.3 Å². The van der Waals surface area contributed by atoms with Gasteiger partial charge in [0.15, 0.2) is 0 Å². The van der Waals surface area contributed by atoms with Gasteiger partial charge in [-0.25, -0.2) is 4.39 Å². The number of rotatable bonds is 7. The lowest BCUT2D eigenvalue weighted by Gasteiger charge is -2.26. The van der Waals surface area contributed by atoms with Gasteiger partial charge in [0, 0.05) is 19.1 Å². The molecule has 0 spiro atoms. The van der Waals surface area contributed by atoms with E-state index in [0.29, 0.717) is 13.1 Å². The first kappa shape index (κ1) is 16.6. The Bertz CT molecular complexity index is 418. The Balaban J connectivity index is 2.73. The highest BCUT2D eigenvalue weighted by atomic mass is 19.1. The third-order valence-electron chi connectivity index (χ3n) is 3.41. The molecule has 0 aliphatic heterocycles. The molecule has 2 unspecified atom stereocenters. The van der Waals surface area contributed by atoms with Crippen molar-refractivity contribution in [2.75, 3.05) is 13.1 Å². The van der Waals surface area contributed by atoms with Crippen LogP contribution in [0.25, 0.3) is 0 Å². The van der Waals surface area contributed by atoms with Gasteiger partial charge >= 0.3 is 0 Å². The van der Waals surface area contributed by atoms with Crippen LogP contribution in [-0.4, -0.2) is 34.9 Å². The smallest absolute Gasteiger partial charge is 0.239 e. The molecule has 0 aliphatic rings. The summed E-state index contributed by atoms with van der Waals surface area (Å²) in [4.78, 5) is 18.1. The summed E-state index contributed by atoms with van der Waals surface area (Å²) in [6, 6.07) is 2.71. The van der Waals surface area contributed by atoms with E-state index < -0.39 is 0 Å². The molecule has 0 fully saturated rings. The second kappa shape index (κ2) is 7.94. The van der Waals surface area contributed by atoms with Gasteiger partial charge in [-0.3, -0.25) is 15.1 Å². The predicted molar refractivity (Wildman–Crippen MR) is 77.8 cm³/mol. The van der Waals surface area contributed by atoms with Crippen molar-refractivity contribution in [3.63, 3.8) is 0 Å². The quantitative estimate of drug-likeness (QED) is 0.835.